The molecule has 2 aromatic carbocycles. The normalized spacial score (nSPS) is 10.9. The molecule has 0 bridgehead atoms. The summed E-state index contributed by atoms with van der Waals surface area (Å²) in [4.78, 5) is 29.2. The van der Waals surface area contributed by atoms with Crippen LogP contribution in [0.3, 0.4) is 0 Å². The average Bonchev–Trinajstić information content (AvgIpc) is 3.11. The molecule has 0 unspecified atom stereocenters. The van der Waals surface area contributed by atoms with Crippen molar-refractivity contribution in [3.8, 4) is 11.3 Å². The lowest BCUT2D eigenvalue weighted by Gasteiger charge is -2.07. The van der Waals surface area contributed by atoms with E-state index in [0.29, 0.717) is 32.2 Å². The van der Waals surface area contributed by atoms with Gasteiger partial charge in [0.15, 0.2) is 0 Å². The molecule has 4 rings (SSSR count). The number of amides is 1. The second-order valence-corrected chi connectivity index (χ2v) is 7.16. The zero-order chi connectivity index (χ0) is 19.7. The molecule has 0 saturated heterocycles. The topological polar surface area (TPSA) is 76.9 Å². The Balaban J connectivity index is 1.60. The summed E-state index contributed by atoms with van der Waals surface area (Å²) in [5, 5.41) is 3.26. The predicted octanol–water partition coefficient (Wildman–Crippen LogP) is 3.95. The Hall–Kier alpha value is -3.10. The van der Waals surface area contributed by atoms with Crippen molar-refractivity contribution in [2.45, 2.75) is 6.54 Å². The fraction of sp³-hybridized carbons (Fsp3) is 0.0526. The van der Waals surface area contributed by atoms with Gasteiger partial charge < -0.3 is 5.32 Å². The molecule has 6 nitrogen and oxygen atoms in total. The molecule has 1 N–H and O–H groups in total. The Morgan fingerprint density at radius 2 is 1.86 bits per heavy atom. The van der Waals surface area contributed by atoms with E-state index in [9.17, 15) is 14.0 Å². The number of carbonyl (C=O) groups is 1. The summed E-state index contributed by atoms with van der Waals surface area (Å²) in [6.07, 6.45) is 1.31. The molecular formula is C19H12ClFN4O2S. The van der Waals surface area contributed by atoms with Gasteiger partial charge in [-0.25, -0.2) is 9.37 Å². The molecule has 4 aromatic rings. The molecule has 0 fully saturated rings. The van der Waals surface area contributed by atoms with Crippen molar-refractivity contribution in [3.63, 3.8) is 0 Å². The molecule has 28 heavy (non-hydrogen) atoms. The first-order valence-electron chi connectivity index (χ1n) is 8.17. The van der Waals surface area contributed by atoms with Gasteiger partial charge in [0.1, 0.15) is 28.3 Å². The summed E-state index contributed by atoms with van der Waals surface area (Å²) in [6.45, 7) is -0.186. The van der Waals surface area contributed by atoms with Crippen molar-refractivity contribution >= 4 is 44.9 Å². The van der Waals surface area contributed by atoms with Crippen LogP contribution in [0.5, 0.6) is 0 Å². The second-order valence-electron chi connectivity index (χ2n) is 5.95. The first-order chi connectivity index (χ1) is 13.5. The molecule has 0 aliphatic carbocycles. The minimum Gasteiger partial charge on any atom is -0.325 e. The number of fused-ring (bicyclic) bond motifs is 1. The Bertz CT molecular complexity index is 1220. The first-order valence-corrected chi connectivity index (χ1v) is 9.32. The summed E-state index contributed by atoms with van der Waals surface area (Å²) in [5.41, 5.74) is 1.82. The number of nitrogens with zero attached hydrogens (tertiary/aromatic N) is 3. The Kier molecular flexibility index (Phi) is 4.89. The third-order valence-corrected chi connectivity index (χ3v) is 5.08. The van der Waals surface area contributed by atoms with Crippen molar-refractivity contribution in [3.05, 3.63) is 76.1 Å². The average molecular weight is 415 g/mol. The summed E-state index contributed by atoms with van der Waals surface area (Å²) in [6, 6.07) is 12.5. The number of rotatable bonds is 4. The van der Waals surface area contributed by atoms with E-state index in [2.05, 4.69) is 14.7 Å². The maximum atomic E-state index is 13.1. The van der Waals surface area contributed by atoms with Crippen LogP contribution in [-0.4, -0.2) is 19.8 Å². The minimum absolute atomic E-state index is 0.186. The summed E-state index contributed by atoms with van der Waals surface area (Å²) in [7, 11) is 0. The van der Waals surface area contributed by atoms with Gasteiger partial charge in [-0.1, -0.05) is 11.6 Å². The molecule has 2 aromatic heterocycles. The van der Waals surface area contributed by atoms with E-state index < -0.39 is 0 Å². The highest BCUT2D eigenvalue weighted by Gasteiger charge is 2.15. The van der Waals surface area contributed by atoms with Crippen molar-refractivity contribution in [2.24, 2.45) is 0 Å². The third-order valence-electron chi connectivity index (χ3n) is 4.01. The maximum absolute atomic E-state index is 13.1. The molecular weight excluding hydrogens is 403 g/mol. The highest BCUT2D eigenvalue weighted by Crippen LogP contribution is 2.27. The van der Waals surface area contributed by atoms with Gasteiger partial charge in [-0.15, -0.1) is 0 Å². The molecule has 0 atom stereocenters. The molecule has 9 heteroatoms. The molecule has 140 valence electrons. The van der Waals surface area contributed by atoms with E-state index in [4.69, 9.17) is 11.6 Å². The number of anilines is 1. The monoisotopic (exact) mass is 414 g/mol. The van der Waals surface area contributed by atoms with E-state index in [1.165, 1.54) is 23.0 Å². The van der Waals surface area contributed by atoms with E-state index in [0.717, 1.165) is 11.5 Å². The second kappa shape index (κ2) is 7.49. The van der Waals surface area contributed by atoms with E-state index in [1.807, 2.05) is 0 Å². The van der Waals surface area contributed by atoms with Gasteiger partial charge >= 0.3 is 0 Å². The summed E-state index contributed by atoms with van der Waals surface area (Å²) in [5.74, 6) is -0.723. The molecule has 0 radical (unpaired) electrons. The zero-order valence-corrected chi connectivity index (χ0v) is 15.8. The van der Waals surface area contributed by atoms with Crippen LogP contribution < -0.4 is 10.9 Å². The molecule has 0 spiro atoms. The van der Waals surface area contributed by atoms with E-state index in [-0.39, 0.29) is 23.8 Å². The lowest BCUT2D eigenvalue weighted by atomic mass is 10.1. The zero-order valence-electron chi connectivity index (χ0n) is 14.2. The smallest absolute Gasteiger partial charge is 0.273 e. The van der Waals surface area contributed by atoms with Gasteiger partial charge in [0.25, 0.3) is 5.56 Å². The molecule has 0 saturated carbocycles. The summed E-state index contributed by atoms with van der Waals surface area (Å²) < 4.78 is 19.0. The molecule has 0 aliphatic heterocycles. The van der Waals surface area contributed by atoms with Crippen molar-refractivity contribution in [1.82, 2.24) is 13.9 Å². The lowest BCUT2D eigenvalue weighted by Crippen LogP contribution is -2.27. The number of benzene rings is 2. The molecule has 1 amide bonds. The number of carbonyl (C=O) groups excluding carboxylic acids is 1. The van der Waals surface area contributed by atoms with Crippen molar-refractivity contribution < 1.29 is 9.18 Å². The Labute approximate surface area is 167 Å². The Morgan fingerprint density at radius 3 is 2.57 bits per heavy atom. The molecule has 2 heterocycles. The summed E-state index contributed by atoms with van der Waals surface area (Å²) >= 11 is 6.82. The molecule has 0 aliphatic rings. The van der Waals surface area contributed by atoms with Gasteiger partial charge in [-0.2, -0.15) is 4.37 Å². The number of hydrogen-bond donors (Lipinski definition) is 1. The van der Waals surface area contributed by atoms with Gasteiger partial charge in [-0.05, 0) is 60.1 Å². The fourth-order valence-corrected chi connectivity index (χ4v) is 3.59. The first kappa shape index (κ1) is 18.3. The number of hydrogen-bond acceptors (Lipinski definition) is 5. The maximum Gasteiger partial charge on any atom is 0.273 e. The lowest BCUT2D eigenvalue weighted by molar-refractivity contribution is -0.116. The van der Waals surface area contributed by atoms with Crippen LogP contribution in [0.2, 0.25) is 5.02 Å². The Morgan fingerprint density at radius 1 is 1.14 bits per heavy atom. The van der Waals surface area contributed by atoms with Crippen LogP contribution in [0.1, 0.15) is 0 Å². The fourth-order valence-electron chi connectivity index (χ4n) is 2.65. The number of nitrogens with one attached hydrogen (secondary N) is 1. The van der Waals surface area contributed by atoms with Crippen LogP contribution in [0.25, 0.3) is 21.5 Å². The number of aromatic nitrogens is 3. The van der Waals surface area contributed by atoms with E-state index in [1.54, 1.807) is 36.4 Å². The van der Waals surface area contributed by atoms with Crippen molar-refractivity contribution in [1.29, 1.82) is 0 Å². The predicted molar refractivity (Wildman–Crippen MR) is 107 cm³/mol. The third kappa shape index (κ3) is 3.64. The van der Waals surface area contributed by atoms with Gasteiger partial charge in [0.2, 0.25) is 5.91 Å². The minimum atomic E-state index is -0.367. The van der Waals surface area contributed by atoms with Crippen LogP contribution in [0.4, 0.5) is 10.1 Å². The van der Waals surface area contributed by atoms with Crippen LogP contribution in [0, 0.1) is 5.82 Å². The highest BCUT2D eigenvalue weighted by atomic mass is 35.5. The van der Waals surface area contributed by atoms with Crippen LogP contribution in [-0.2, 0) is 11.3 Å². The van der Waals surface area contributed by atoms with Gasteiger partial charge in [0, 0.05) is 16.3 Å². The largest absolute Gasteiger partial charge is 0.325 e. The van der Waals surface area contributed by atoms with Crippen LogP contribution in [0.15, 0.2) is 59.7 Å². The number of halogens is 2. The standard InChI is InChI=1S/C19H12ClFN4O2S/c20-12-3-7-14(8-4-12)23-15(26)9-25-10-22-17-16(24-28-18(17)19(25)27)11-1-5-13(21)6-2-11/h1-8,10H,9H2,(H,23,26). The van der Waals surface area contributed by atoms with E-state index >= 15 is 0 Å². The van der Waals surface area contributed by atoms with Crippen LogP contribution >= 0.6 is 23.1 Å². The van der Waals surface area contributed by atoms with Gasteiger partial charge in [-0.3, -0.25) is 14.2 Å². The van der Waals surface area contributed by atoms with Crippen molar-refractivity contribution in [2.75, 3.05) is 5.32 Å². The highest BCUT2D eigenvalue weighted by molar-refractivity contribution is 7.13. The SMILES string of the molecule is O=C(Cn1cnc2c(-c3ccc(F)cc3)nsc2c1=O)Nc1ccc(Cl)cc1. The quantitative estimate of drug-likeness (QED) is 0.548. The van der Waals surface area contributed by atoms with Gasteiger partial charge in [0.05, 0.1) is 6.33 Å².